The van der Waals surface area contributed by atoms with Gasteiger partial charge in [-0.3, -0.25) is 4.79 Å². The highest BCUT2D eigenvalue weighted by atomic mass is 32.2. The van der Waals surface area contributed by atoms with Crippen LogP contribution < -0.4 is 5.32 Å². The average Bonchev–Trinajstić information content (AvgIpc) is 3.13. The Kier molecular flexibility index (Phi) is 5.56. The quantitative estimate of drug-likeness (QED) is 0.499. The predicted molar refractivity (Wildman–Crippen MR) is 114 cm³/mol. The second kappa shape index (κ2) is 8.13. The van der Waals surface area contributed by atoms with Gasteiger partial charge in [-0.25, -0.2) is 9.50 Å². The maximum absolute atomic E-state index is 12.8. The third kappa shape index (κ3) is 4.00. The van der Waals surface area contributed by atoms with Crippen LogP contribution in [-0.4, -0.2) is 30.7 Å². The van der Waals surface area contributed by atoms with Crippen LogP contribution in [0.2, 0.25) is 0 Å². The first-order valence-corrected chi connectivity index (χ1v) is 11.4. The van der Waals surface area contributed by atoms with Crippen LogP contribution in [0.4, 0.5) is 5.00 Å². The maximum Gasteiger partial charge on any atom is 0.253 e. The Morgan fingerprint density at radius 1 is 1.31 bits per heavy atom. The van der Waals surface area contributed by atoms with E-state index in [9.17, 15) is 10.1 Å². The lowest BCUT2D eigenvalue weighted by Gasteiger charge is -2.09. The number of aryl methyl sites for hydroxylation is 3. The van der Waals surface area contributed by atoms with E-state index >= 15 is 0 Å². The number of thioether (sulfide) groups is 1. The first-order chi connectivity index (χ1) is 14.0. The van der Waals surface area contributed by atoms with Gasteiger partial charge in [-0.2, -0.15) is 10.2 Å². The minimum absolute atomic E-state index is 0.150. The number of thiophene rings is 1. The van der Waals surface area contributed by atoms with E-state index in [-0.39, 0.29) is 5.91 Å². The van der Waals surface area contributed by atoms with Gasteiger partial charge in [0.1, 0.15) is 11.1 Å². The number of carbonyl (C=O) groups is 1. The molecule has 0 aromatic carbocycles. The predicted octanol–water partition coefficient (Wildman–Crippen LogP) is 4.06. The molecule has 0 spiro atoms. The molecule has 29 heavy (non-hydrogen) atoms. The number of aromatic nitrogens is 4. The number of nitriles is 1. The molecule has 3 aromatic heterocycles. The number of nitrogens with zero attached hydrogens (tertiary/aromatic N) is 5. The van der Waals surface area contributed by atoms with Crippen molar-refractivity contribution in [1.29, 1.82) is 5.26 Å². The van der Waals surface area contributed by atoms with Crippen molar-refractivity contribution in [2.24, 2.45) is 0 Å². The largest absolute Gasteiger partial charge is 0.316 e. The van der Waals surface area contributed by atoms with Gasteiger partial charge in [0.05, 0.1) is 10.8 Å². The first-order valence-electron chi connectivity index (χ1n) is 9.69. The molecular formula is C20H22N6OS2. The Hall–Kier alpha value is -2.44. The van der Waals surface area contributed by atoms with Crippen LogP contribution in [0.15, 0.2) is 11.2 Å². The average molecular weight is 427 g/mol. The van der Waals surface area contributed by atoms with Gasteiger partial charge in [0, 0.05) is 16.3 Å². The molecule has 1 aliphatic rings. The zero-order valence-electron chi connectivity index (χ0n) is 16.7. The van der Waals surface area contributed by atoms with Crippen molar-refractivity contribution < 1.29 is 4.79 Å². The second-order valence-corrected chi connectivity index (χ2v) is 9.69. The number of amides is 1. The lowest BCUT2D eigenvalue weighted by atomic mass is 10.1. The lowest BCUT2D eigenvalue weighted by molar-refractivity contribution is -0.115. The van der Waals surface area contributed by atoms with E-state index < -0.39 is 5.25 Å². The summed E-state index contributed by atoms with van der Waals surface area (Å²) < 4.78 is 1.68. The number of carbonyl (C=O) groups excluding carboxylic acids is 1. The molecule has 0 bridgehead atoms. The normalized spacial score (nSPS) is 14.8. The van der Waals surface area contributed by atoms with Crippen LogP contribution in [0.3, 0.4) is 0 Å². The fraction of sp³-hybridized carbons (Fsp3) is 0.450. The zero-order chi connectivity index (χ0) is 20.5. The summed E-state index contributed by atoms with van der Waals surface area (Å²) in [6.07, 6.45) is 5.36. The topological polar surface area (TPSA) is 96.0 Å². The molecule has 0 unspecified atom stereocenters. The molecule has 1 N–H and O–H groups in total. The molecule has 7 nitrogen and oxygen atoms in total. The molecule has 1 atom stereocenters. The zero-order valence-corrected chi connectivity index (χ0v) is 18.3. The monoisotopic (exact) mass is 426 g/mol. The van der Waals surface area contributed by atoms with E-state index in [4.69, 9.17) is 0 Å². The Balaban J connectivity index is 1.51. The van der Waals surface area contributed by atoms with Crippen molar-refractivity contribution >= 4 is 39.8 Å². The summed E-state index contributed by atoms with van der Waals surface area (Å²) in [7, 11) is 0. The van der Waals surface area contributed by atoms with E-state index in [2.05, 4.69) is 26.5 Å². The lowest BCUT2D eigenvalue weighted by Crippen LogP contribution is -2.22. The van der Waals surface area contributed by atoms with Crippen molar-refractivity contribution in [2.75, 3.05) is 5.32 Å². The molecule has 3 aromatic rings. The Morgan fingerprint density at radius 3 is 2.90 bits per heavy atom. The number of hydrogen-bond acceptors (Lipinski definition) is 7. The molecule has 0 saturated heterocycles. The summed E-state index contributed by atoms with van der Waals surface area (Å²) in [5, 5.41) is 17.9. The van der Waals surface area contributed by atoms with E-state index in [1.54, 1.807) is 15.9 Å². The molecule has 9 heteroatoms. The Labute approximate surface area is 177 Å². The van der Waals surface area contributed by atoms with Crippen molar-refractivity contribution in [1.82, 2.24) is 19.6 Å². The molecule has 1 aliphatic carbocycles. The van der Waals surface area contributed by atoms with Crippen LogP contribution in [0.1, 0.15) is 53.6 Å². The molecule has 4 rings (SSSR count). The minimum atomic E-state index is -0.401. The fourth-order valence-corrected chi connectivity index (χ4v) is 5.56. The standard InChI is InChI=1S/C20H22N6OS2/c1-11-9-12(2)26-19(22-11)24-20(25-26)28-13(3)17(27)23-18-15(10-21)14-7-5-4-6-8-16(14)29-18/h9,13H,4-8H2,1-3H3,(H,23,27)/t13-/m1/s1. The minimum Gasteiger partial charge on any atom is -0.316 e. The summed E-state index contributed by atoms with van der Waals surface area (Å²) >= 11 is 2.84. The second-order valence-electron chi connectivity index (χ2n) is 7.27. The SMILES string of the molecule is Cc1cc(C)n2nc(S[C@H](C)C(=O)Nc3sc4c(c3C#N)CCCCC4)nc2n1. The van der Waals surface area contributed by atoms with Gasteiger partial charge in [0.25, 0.3) is 5.78 Å². The molecule has 3 heterocycles. The van der Waals surface area contributed by atoms with Gasteiger partial charge >= 0.3 is 0 Å². The fourth-order valence-electron chi connectivity index (χ4n) is 3.57. The van der Waals surface area contributed by atoms with Gasteiger partial charge in [-0.1, -0.05) is 18.2 Å². The number of rotatable bonds is 4. The van der Waals surface area contributed by atoms with Gasteiger partial charge in [0.15, 0.2) is 0 Å². The van der Waals surface area contributed by atoms with Crippen molar-refractivity contribution in [2.45, 2.75) is 63.3 Å². The van der Waals surface area contributed by atoms with Crippen LogP contribution in [-0.2, 0) is 17.6 Å². The van der Waals surface area contributed by atoms with E-state index in [1.807, 2.05) is 26.8 Å². The van der Waals surface area contributed by atoms with Crippen LogP contribution >= 0.6 is 23.1 Å². The van der Waals surface area contributed by atoms with E-state index in [1.165, 1.54) is 23.1 Å². The summed E-state index contributed by atoms with van der Waals surface area (Å²) in [5.41, 5.74) is 3.59. The van der Waals surface area contributed by atoms with Crippen LogP contribution in [0.25, 0.3) is 5.78 Å². The maximum atomic E-state index is 12.8. The number of fused-ring (bicyclic) bond motifs is 2. The van der Waals surface area contributed by atoms with Crippen LogP contribution in [0, 0.1) is 25.2 Å². The number of anilines is 1. The van der Waals surface area contributed by atoms with Gasteiger partial charge in [0.2, 0.25) is 11.1 Å². The molecular weight excluding hydrogens is 404 g/mol. The van der Waals surface area contributed by atoms with Gasteiger partial charge < -0.3 is 5.32 Å². The Bertz CT molecular complexity index is 1130. The van der Waals surface area contributed by atoms with Crippen molar-refractivity contribution in [3.63, 3.8) is 0 Å². The summed E-state index contributed by atoms with van der Waals surface area (Å²) in [5.74, 6) is 0.383. The van der Waals surface area contributed by atoms with E-state index in [0.717, 1.165) is 42.6 Å². The van der Waals surface area contributed by atoms with Crippen molar-refractivity contribution in [3.8, 4) is 6.07 Å². The molecule has 0 saturated carbocycles. The van der Waals surface area contributed by atoms with Gasteiger partial charge in [-0.05, 0) is 58.1 Å². The number of nitrogens with one attached hydrogen (secondary N) is 1. The third-order valence-corrected chi connectivity index (χ3v) is 7.18. The molecule has 0 radical (unpaired) electrons. The Morgan fingerprint density at radius 2 is 2.10 bits per heavy atom. The highest BCUT2D eigenvalue weighted by molar-refractivity contribution is 8.00. The summed E-state index contributed by atoms with van der Waals surface area (Å²) in [6.45, 7) is 5.69. The number of hydrogen-bond donors (Lipinski definition) is 1. The summed E-state index contributed by atoms with van der Waals surface area (Å²) in [6, 6.07) is 4.25. The smallest absolute Gasteiger partial charge is 0.253 e. The highest BCUT2D eigenvalue weighted by Crippen LogP contribution is 2.37. The first kappa shape index (κ1) is 19.9. The third-order valence-electron chi connectivity index (χ3n) is 5.02. The molecule has 0 fully saturated rings. The molecule has 1 amide bonds. The highest BCUT2D eigenvalue weighted by Gasteiger charge is 2.24. The molecule has 0 aliphatic heterocycles. The van der Waals surface area contributed by atoms with E-state index in [0.29, 0.717) is 21.5 Å². The molecule has 150 valence electrons. The van der Waals surface area contributed by atoms with Gasteiger partial charge in [-0.15, -0.1) is 16.4 Å². The summed E-state index contributed by atoms with van der Waals surface area (Å²) in [4.78, 5) is 22.9. The van der Waals surface area contributed by atoms with Crippen LogP contribution in [0.5, 0.6) is 0 Å². The van der Waals surface area contributed by atoms with Crippen molar-refractivity contribution in [3.05, 3.63) is 33.5 Å².